The highest BCUT2D eigenvalue weighted by molar-refractivity contribution is 6.24. The molecule has 1 unspecified atom stereocenters. The fourth-order valence-electron chi connectivity index (χ4n) is 4.59. The zero-order valence-electron chi connectivity index (χ0n) is 16.5. The first-order valence-electron chi connectivity index (χ1n) is 10.2. The second-order valence-corrected chi connectivity index (χ2v) is 8.26. The van der Waals surface area contributed by atoms with Gasteiger partial charge in [-0.05, 0) is 56.8 Å². The predicted octanol–water partition coefficient (Wildman–Crippen LogP) is 0.647. The van der Waals surface area contributed by atoms with Crippen LogP contribution in [-0.2, 0) is 16.1 Å². The quantitative estimate of drug-likeness (QED) is 0.720. The lowest BCUT2D eigenvalue weighted by Gasteiger charge is -2.34. The van der Waals surface area contributed by atoms with E-state index < -0.39 is 23.8 Å². The third kappa shape index (κ3) is 3.58. The summed E-state index contributed by atoms with van der Waals surface area (Å²) in [4.78, 5) is 53.0. The summed E-state index contributed by atoms with van der Waals surface area (Å²) in [5, 5.41) is 2.23. The van der Waals surface area contributed by atoms with Crippen LogP contribution in [0.4, 0.5) is 0 Å². The number of nitrogens with zero attached hydrogens (tertiary/aromatic N) is 2. The monoisotopic (exact) mass is 398 g/mol. The van der Waals surface area contributed by atoms with E-state index in [0.717, 1.165) is 36.4 Å². The van der Waals surface area contributed by atoms with Gasteiger partial charge >= 0.3 is 0 Å². The van der Waals surface area contributed by atoms with E-state index in [9.17, 15) is 19.2 Å². The maximum atomic E-state index is 13.1. The normalized spacial score (nSPS) is 24.6. The number of fused-ring (bicyclic) bond motifs is 1. The van der Waals surface area contributed by atoms with Crippen molar-refractivity contribution >= 4 is 23.6 Å². The number of piperidine rings is 2. The molecule has 8 nitrogen and oxygen atoms in total. The summed E-state index contributed by atoms with van der Waals surface area (Å²) >= 11 is 0. The van der Waals surface area contributed by atoms with Crippen molar-refractivity contribution in [3.8, 4) is 0 Å². The first-order chi connectivity index (χ1) is 13.9. The maximum Gasteiger partial charge on any atom is 0.262 e. The minimum atomic E-state index is -0.935. The predicted molar refractivity (Wildman–Crippen MR) is 105 cm³/mol. The van der Waals surface area contributed by atoms with Crippen LogP contribution in [0.1, 0.15) is 58.9 Å². The summed E-state index contributed by atoms with van der Waals surface area (Å²) in [6.45, 7) is 4.42. The van der Waals surface area contributed by atoms with Crippen LogP contribution in [0.25, 0.3) is 0 Å². The fourth-order valence-corrected chi connectivity index (χ4v) is 4.59. The van der Waals surface area contributed by atoms with Crippen molar-refractivity contribution in [3.63, 3.8) is 0 Å². The second-order valence-electron chi connectivity index (χ2n) is 8.26. The summed E-state index contributed by atoms with van der Waals surface area (Å²) in [6.07, 6.45) is 2.31. The first-order valence-corrected chi connectivity index (χ1v) is 10.2. The molecule has 29 heavy (non-hydrogen) atoms. The van der Waals surface area contributed by atoms with Gasteiger partial charge in [0.15, 0.2) is 0 Å². The van der Waals surface area contributed by atoms with Gasteiger partial charge in [-0.1, -0.05) is 12.1 Å². The molecule has 1 aromatic carbocycles. The molecule has 3 aliphatic rings. The highest BCUT2D eigenvalue weighted by Crippen LogP contribution is 2.31. The van der Waals surface area contributed by atoms with Crippen molar-refractivity contribution in [3.05, 3.63) is 34.9 Å². The van der Waals surface area contributed by atoms with E-state index in [4.69, 9.17) is 5.73 Å². The van der Waals surface area contributed by atoms with Gasteiger partial charge < -0.3 is 5.73 Å². The highest BCUT2D eigenvalue weighted by Gasteiger charge is 2.45. The molecular formula is C21H26N4O4. The molecular weight excluding hydrogens is 372 g/mol. The molecule has 8 heteroatoms. The molecule has 4 amide bonds. The van der Waals surface area contributed by atoms with E-state index in [1.165, 1.54) is 0 Å². The van der Waals surface area contributed by atoms with Crippen LogP contribution in [0.5, 0.6) is 0 Å². The minimum absolute atomic E-state index is 0.116. The van der Waals surface area contributed by atoms with E-state index in [2.05, 4.69) is 10.2 Å². The van der Waals surface area contributed by atoms with Gasteiger partial charge in [0.1, 0.15) is 6.04 Å². The third-order valence-electron chi connectivity index (χ3n) is 6.32. The van der Waals surface area contributed by atoms with Crippen LogP contribution in [0.15, 0.2) is 18.2 Å². The first kappa shape index (κ1) is 19.7. The Morgan fingerprint density at radius 3 is 2.48 bits per heavy atom. The SMILES string of the molecule is C[C@@H](N)C1CCN(Cc2cccc3c2C(=O)N(C2CCC(=O)NC2=O)C3=O)CC1. The van der Waals surface area contributed by atoms with Crippen LogP contribution < -0.4 is 11.1 Å². The maximum absolute atomic E-state index is 13.1. The van der Waals surface area contributed by atoms with Crippen LogP contribution in [0, 0.1) is 5.92 Å². The topological polar surface area (TPSA) is 113 Å². The smallest absolute Gasteiger partial charge is 0.262 e. The molecule has 0 spiro atoms. The fraction of sp³-hybridized carbons (Fsp3) is 0.524. The van der Waals surface area contributed by atoms with E-state index in [1.807, 2.05) is 13.0 Å². The number of rotatable bonds is 4. The Morgan fingerprint density at radius 1 is 1.10 bits per heavy atom. The summed E-state index contributed by atoms with van der Waals surface area (Å²) < 4.78 is 0. The van der Waals surface area contributed by atoms with Crippen LogP contribution >= 0.6 is 0 Å². The van der Waals surface area contributed by atoms with Gasteiger partial charge in [0.25, 0.3) is 11.8 Å². The molecule has 3 heterocycles. The Hall–Kier alpha value is -2.58. The summed E-state index contributed by atoms with van der Waals surface area (Å²) in [5.41, 5.74) is 7.54. The van der Waals surface area contributed by atoms with Gasteiger partial charge in [-0.15, -0.1) is 0 Å². The lowest BCUT2D eigenvalue weighted by atomic mass is 9.90. The number of nitrogens with two attached hydrogens (primary N) is 1. The van der Waals surface area contributed by atoms with Crippen molar-refractivity contribution in [2.24, 2.45) is 11.7 Å². The Balaban J connectivity index is 1.54. The summed E-state index contributed by atoms with van der Waals surface area (Å²) in [6, 6.07) is 4.53. The van der Waals surface area contributed by atoms with Crippen molar-refractivity contribution in [1.82, 2.24) is 15.1 Å². The molecule has 154 valence electrons. The van der Waals surface area contributed by atoms with Gasteiger partial charge in [0.2, 0.25) is 11.8 Å². The number of imide groups is 2. The van der Waals surface area contributed by atoms with E-state index in [1.54, 1.807) is 12.1 Å². The van der Waals surface area contributed by atoms with Crippen molar-refractivity contribution in [2.75, 3.05) is 13.1 Å². The largest absolute Gasteiger partial charge is 0.328 e. The number of likely N-dealkylation sites (tertiary alicyclic amines) is 1. The average Bonchev–Trinajstić information content (AvgIpc) is 2.94. The van der Waals surface area contributed by atoms with Gasteiger partial charge in [-0.2, -0.15) is 0 Å². The molecule has 0 aliphatic carbocycles. The number of hydrogen-bond donors (Lipinski definition) is 2. The molecule has 2 atom stereocenters. The van der Waals surface area contributed by atoms with Gasteiger partial charge in [-0.25, -0.2) is 0 Å². The minimum Gasteiger partial charge on any atom is -0.328 e. The lowest BCUT2D eigenvalue weighted by Crippen LogP contribution is -2.54. The van der Waals surface area contributed by atoms with Crippen LogP contribution in [-0.4, -0.2) is 58.6 Å². The number of carbonyl (C=O) groups is 4. The number of amides is 4. The number of benzene rings is 1. The van der Waals surface area contributed by atoms with Crippen LogP contribution in [0.2, 0.25) is 0 Å². The average molecular weight is 398 g/mol. The summed E-state index contributed by atoms with van der Waals surface area (Å²) in [5.74, 6) is -1.36. The molecule has 0 bridgehead atoms. The van der Waals surface area contributed by atoms with Gasteiger partial charge in [0, 0.05) is 19.0 Å². The Kier molecular flexibility index (Phi) is 5.23. The van der Waals surface area contributed by atoms with Crippen molar-refractivity contribution in [1.29, 1.82) is 0 Å². The molecule has 3 aliphatic heterocycles. The standard InChI is InChI=1S/C21H26N4O4/c1-12(22)13-7-9-24(10-8-13)11-14-3-2-4-15-18(14)21(29)25(20(15)28)16-5-6-17(26)23-19(16)27/h2-4,12-13,16H,5-11,22H2,1H3,(H,23,26,27)/t12-,16?/m1/s1. The van der Waals surface area contributed by atoms with Gasteiger partial charge in [-0.3, -0.25) is 34.3 Å². The zero-order chi connectivity index (χ0) is 20.7. The van der Waals surface area contributed by atoms with Gasteiger partial charge in [0.05, 0.1) is 11.1 Å². The zero-order valence-corrected chi connectivity index (χ0v) is 16.5. The van der Waals surface area contributed by atoms with E-state index in [-0.39, 0.29) is 24.8 Å². The Morgan fingerprint density at radius 2 is 1.83 bits per heavy atom. The second kappa shape index (κ2) is 7.68. The summed E-state index contributed by atoms with van der Waals surface area (Å²) in [7, 11) is 0. The van der Waals surface area contributed by atoms with Crippen LogP contribution in [0.3, 0.4) is 0 Å². The molecule has 1 aromatic rings. The Bertz CT molecular complexity index is 873. The third-order valence-corrected chi connectivity index (χ3v) is 6.32. The number of hydrogen-bond acceptors (Lipinski definition) is 6. The number of nitrogens with one attached hydrogen (secondary N) is 1. The molecule has 2 fully saturated rings. The highest BCUT2D eigenvalue weighted by atomic mass is 16.2. The molecule has 0 radical (unpaired) electrons. The van der Waals surface area contributed by atoms with E-state index in [0.29, 0.717) is 23.6 Å². The molecule has 3 N–H and O–H groups in total. The lowest BCUT2D eigenvalue weighted by molar-refractivity contribution is -0.136. The van der Waals surface area contributed by atoms with Crippen molar-refractivity contribution in [2.45, 2.75) is 51.2 Å². The molecule has 4 rings (SSSR count). The molecule has 0 saturated carbocycles. The van der Waals surface area contributed by atoms with Crippen molar-refractivity contribution < 1.29 is 19.2 Å². The molecule has 0 aromatic heterocycles. The number of carbonyl (C=O) groups excluding carboxylic acids is 4. The molecule has 2 saturated heterocycles. The van der Waals surface area contributed by atoms with E-state index >= 15 is 0 Å². The Labute approximate surface area is 169 Å².